The van der Waals surface area contributed by atoms with Crippen molar-refractivity contribution < 1.29 is 0 Å². The lowest BCUT2D eigenvalue weighted by molar-refractivity contribution is 0.917. The van der Waals surface area contributed by atoms with E-state index in [0.29, 0.717) is 0 Å². The second-order valence-electron chi connectivity index (χ2n) is 4.91. The Morgan fingerprint density at radius 2 is 2.10 bits per heavy atom. The van der Waals surface area contributed by atoms with E-state index in [-0.39, 0.29) is 0 Å². The second-order valence-corrected chi connectivity index (χ2v) is 5.99. The number of nitrogens with zero attached hydrogens (tertiary/aromatic N) is 4. The molecule has 0 aromatic carbocycles. The molecule has 0 spiro atoms. The maximum absolute atomic E-state index is 4.38. The predicted octanol–water partition coefficient (Wildman–Crippen LogP) is 3.02. The van der Waals surface area contributed by atoms with Crippen LogP contribution in [0.4, 0.5) is 5.82 Å². The summed E-state index contributed by atoms with van der Waals surface area (Å²) < 4.78 is 0. The number of rotatable bonds is 3. The zero-order valence-electron chi connectivity index (χ0n) is 11.3. The molecule has 0 saturated carbocycles. The number of aryl methyl sites for hydroxylation is 2. The van der Waals surface area contributed by atoms with Crippen LogP contribution in [0.15, 0.2) is 36.0 Å². The van der Waals surface area contributed by atoms with Gasteiger partial charge in [-0.2, -0.15) is 5.10 Å². The first kappa shape index (κ1) is 12.4. The number of hydrogen-bond acceptors (Lipinski definition) is 6. The van der Waals surface area contributed by atoms with Crippen LogP contribution in [0.25, 0.3) is 10.2 Å². The fraction of sp³-hybridized carbons (Fsp3) is 0.200. The van der Waals surface area contributed by atoms with Gasteiger partial charge in [-0.15, -0.1) is 11.3 Å². The van der Waals surface area contributed by atoms with Crippen LogP contribution in [-0.4, -0.2) is 21.2 Å². The maximum atomic E-state index is 4.38. The van der Waals surface area contributed by atoms with E-state index in [1.165, 1.54) is 16.9 Å². The van der Waals surface area contributed by atoms with Crippen LogP contribution >= 0.6 is 11.3 Å². The van der Waals surface area contributed by atoms with Crippen molar-refractivity contribution in [1.29, 1.82) is 0 Å². The Hall–Kier alpha value is -2.34. The highest BCUT2D eigenvalue weighted by molar-refractivity contribution is 7.19. The number of thiophene rings is 1. The van der Waals surface area contributed by atoms with Gasteiger partial charge in [0.25, 0.3) is 0 Å². The average molecular weight is 295 g/mol. The first-order valence-electron chi connectivity index (χ1n) is 6.86. The molecule has 0 bridgehead atoms. The van der Waals surface area contributed by atoms with Gasteiger partial charge in [0.1, 0.15) is 11.2 Å². The molecule has 3 aromatic rings. The minimum atomic E-state index is 0.796. The highest BCUT2D eigenvalue weighted by Gasteiger charge is 2.20. The first-order chi connectivity index (χ1) is 10.4. The van der Waals surface area contributed by atoms with E-state index in [9.17, 15) is 0 Å². The Kier molecular flexibility index (Phi) is 3.08. The highest BCUT2D eigenvalue weighted by atomic mass is 32.1. The zero-order valence-corrected chi connectivity index (χ0v) is 12.1. The largest absolute Gasteiger partial charge is 0.265 e. The molecular formula is C15H13N5S. The number of anilines is 1. The molecular weight excluding hydrogens is 282 g/mol. The molecule has 4 rings (SSSR count). The third-order valence-electron chi connectivity index (χ3n) is 3.59. The van der Waals surface area contributed by atoms with E-state index in [2.05, 4.69) is 25.5 Å². The molecule has 0 aliphatic heterocycles. The normalized spacial score (nSPS) is 13.9. The van der Waals surface area contributed by atoms with Crippen molar-refractivity contribution in [2.75, 3.05) is 5.43 Å². The Balaban J connectivity index is 1.66. The quantitative estimate of drug-likeness (QED) is 0.596. The maximum Gasteiger partial charge on any atom is 0.158 e. The van der Waals surface area contributed by atoms with Gasteiger partial charge in [-0.25, -0.2) is 9.97 Å². The number of hydrogen-bond donors (Lipinski definition) is 1. The Bertz CT molecular complexity index is 810. The van der Waals surface area contributed by atoms with Crippen molar-refractivity contribution in [2.45, 2.75) is 19.3 Å². The minimum Gasteiger partial charge on any atom is -0.265 e. The lowest BCUT2D eigenvalue weighted by Gasteiger charge is -2.02. The molecule has 1 aliphatic carbocycles. The molecule has 0 fully saturated rings. The molecule has 0 amide bonds. The van der Waals surface area contributed by atoms with Gasteiger partial charge in [-0.05, 0) is 42.5 Å². The molecule has 5 nitrogen and oxygen atoms in total. The molecule has 1 aliphatic rings. The number of pyridine rings is 1. The van der Waals surface area contributed by atoms with Gasteiger partial charge in [0.15, 0.2) is 5.82 Å². The number of fused-ring (bicyclic) bond motifs is 3. The predicted molar refractivity (Wildman–Crippen MR) is 84.9 cm³/mol. The van der Waals surface area contributed by atoms with Gasteiger partial charge >= 0.3 is 0 Å². The Labute approximate surface area is 125 Å². The molecule has 104 valence electrons. The number of aromatic nitrogens is 3. The van der Waals surface area contributed by atoms with Gasteiger partial charge < -0.3 is 0 Å². The Morgan fingerprint density at radius 3 is 3.00 bits per heavy atom. The molecule has 3 aromatic heterocycles. The summed E-state index contributed by atoms with van der Waals surface area (Å²) in [4.78, 5) is 15.2. The molecule has 3 heterocycles. The number of nitrogens with one attached hydrogen (secondary N) is 1. The van der Waals surface area contributed by atoms with Crippen LogP contribution in [0.3, 0.4) is 0 Å². The molecule has 1 N–H and O–H groups in total. The van der Waals surface area contributed by atoms with Gasteiger partial charge in [0.2, 0.25) is 0 Å². The second kappa shape index (κ2) is 5.21. The van der Waals surface area contributed by atoms with Crippen molar-refractivity contribution in [1.82, 2.24) is 15.0 Å². The van der Waals surface area contributed by atoms with Crippen molar-refractivity contribution in [3.05, 3.63) is 46.9 Å². The van der Waals surface area contributed by atoms with E-state index in [1.807, 2.05) is 12.1 Å². The van der Waals surface area contributed by atoms with E-state index >= 15 is 0 Å². The van der Waals surface area contributed by atoms with Crippen LogP contribution in [0.2, 0.25) is 0 Å². The monoisotopic (exact) mass is 295 g/mol. The summed E-state index contributed by atoms with van der Waals surface area (Å²) in [5.41, 5.74) is 5.46. The van der Waals surface area contributed by atoms with Crippen LogP contribution in [0.1, 0.15) is 22.4 Å². The van der Waals surface area contributed by atoms with E-state index in [1.54, 1.807) is 36.3 Å². The smallest absolute Gasteiger partial charge is 0.158 e. The van der Waals surface area contributed by atoms with Gasteiger partial charge in [0, 0.05) is 17.3 Å². The van der Waals surface area contributed by atoms with Gasteiger partial charge in [-0.3, -0.25) is 10.4 Å². The molecule has 0 unspecified atom stereocenters. The van der Waals surface area contributed by atoms with E-state index in [0.717, 1.165) is 34.4 Å². The highest BCUT2D eigenvalue weighted by Crippen LogP contribution is 2.38. The van der Waals surface area contributed by atoms with Gasteiger partial charge in [0.05, 0.1) is 11.6 Å². The average Bonchev–Trinajstić information content (AvgIpc) is 3.09. The van der Waals surface area contributed by atoms with E-state index in [4.69, 9.17) is 0 Å². The summed E-state index contributed by atoms with van der Waals surface area (Å²) in [6.45, 7) is 0. The SMILES string of the molecule is C(=N/Nc1ncnc2sc3c(c12)CCC3)/c1ccncc1. The van der Waals surface area contributed by atoms with Crippen molar-refractivity contribution in [3.63, 3.8) is 0 Å². The third kappa shape index (κ3) is 2.27. The third-order valence-corrected chi connectivity index (χ3v) is 4.79. The fourth-order valence-electron chi connectivity index (χ4n) is 2.63. The summed E-state index contributed by atoms with van der Waals surface area (Å²) >= 11 is 1.78. The summed E-state index contributed by atoms with van der Waals surface area (Å²) in [6, 6.07) is 3.81. The van der Waals surface area contributed by atoms with Crippen molar-refractivity contribution in [3.8, 4) is 0 Å². The minimum absolute atomic E-state index is 0.796. The molecule has 21 heavy (non-hydrogen) atoms. The summed E-state index contributed by atoms with van der Waals surface area (Å²) in [6.07, 6.45) is 10.4. The van der Waals surface area contributed by atoms with E-state index < -0.39 is 0 Å². The number of hydrazone groups is 1. The fourth-order valence-corrected chi connectivity index (χ4v) is 3.86. The zero-order chi connectivity index (χ0) is 14.1. The topological polar surface area (TPSA) is 63.1 Å². The van der Waals surface area contributed by atoms with Crippen molar-refractivity contribution >= 4 is 33.6 Å². The molecule has 0 radical (unpaired) electrons. The lowest BCUT2D eigenvalue weighted by atomic mass is 10.2. The summed E-state index contributed by atoms with van der Waals surface area (Å²) in [5.74, 6) is 0.796. The lowest BCUT2D eigenvalue weighted by Crippen LogP contribution is -1.96. The van der Waals surface area contributed by atoms with Crippen LogP contribution in [-0.2, 0) is 12.8 Å². The van der Waals surface area contributed by atoms with Crippen molar-refractivity contribution in [2.24, 2.45) is 5.10 Å². The summed E-state index contributed by atoms with van der Waals surface area (Å²) in [7, 11) is 0. The van der Waals surface area contributed by atoms with Gasteiger partial charge in [-0.1, -0.05) is 0 Å². The summed E-state index contributed by atoms with van der Waals surface area (Å²) in [5, 5.41) is 5.42. The van der Waals surface area contributed by atoms with Crippen LogP contribution in [0, 0.1) is 0 Å². The first-order valence-corrected chi connectivity index (χ1v) is 7.68. The Morgan fingerprint density at radius 1 is 1.19 bits per heavy atom. The standard InChI is InChI=1S/C15H13N5S/c1-2-11-12(3-1)21-15-13(11)14(17-9-18-15)20-19-8-10-4-6-16-7-5-10/h4-9H,1-3H2,(H,17,18,20)/b19-8-. The molecule has 0 saturated heterocycles. The molecule has 0 atom stereocenters. The molecule has 6 heteroatoms. The van der Waals surface area contributed by atoms with Crippen LogP contribution < -0.4 is 5.43 Å². The van der Waals surface area contributed by atoms with Crippen LogP contribution in [0.5, 0.6) is 0 Å².